The topological polar surface area (TPSA) is 67.9 Å². The molecular weight excluding hydrogens is 380 g/mol. The summed E-state index contributed by atoms with van der Waals surface area (Å²) in [4.78, 5) is 27.2. The second-order valence-electron chi connectivity index (χ2n) is 7.53. The zero-order chi connectivity index (χ0) is 22.1. The smallest absolute Gasteiger partial charge is 0.242 e. The highest BCUT2D eigenvalue weighted by Gasteiger charge is 2.27. The molecule has 6 nitrogen and oxygen atoms in total. The standard InChI is InChI=1S/C24H32N2O4/c1-17(2)24(28)26(16-20-8-12-22(30-5)13-9-20)18(3)23(27)25-15-14-19-6-10-21(29-4)11-7-19/h6-13,17-18H,14-16H2,1-5H3,(H,25,27)/t18-/m1/s1. The van der Waals surface area contributed by atoms with Crippen molar-refractivity contribution in [2.75, 3.05) is 20.8 Å². The number of amides is 2. The van der Waals surface area contributed by atoms with Gasteiger partial charge in [-0.2, -0.15) is 0 Å². The van der Waals surface area contributed by atoms with Gasteiger partial charge in [0.1, 0.15) is 17.5 Å². The number of methoxy groups -OCH3 is 2. The summed E-state index contributed by atoms with van der Waals surface area (Å²) in [6.07, 6.45) is 0.707. The van der Waals surface area contributed by atoms with Crippen LogP contribution in [0.1, 0.15) is 31.9 Å². The van der Waals surface area contributed by atoms with Gasteiger partial charge in [0.05, 0.1) is 14.2 Å². The van der Waals surface area contributed by atoms with E-state index in [4.69, 9.17) is 9.47 Å². The molecule has 0 spiro atoms. The first-order valence-corrected chi connectivity index (χ1v) is 10.2. The van der Waals surface area contributed by atoms with Crippen LogP contribution in [-0.4, -0.2) is 43.5 Å². The molecule has 30 heavy (non-hydrogen) atoms. The van der Waals surface area contributed by atoms with E-state index in [1.54, 1.807) is 26.0 Å². The van der Waals surface area contributed by atoms with E-state index in [-0.39, 0.29) is 17.7 Å². The number of hydrogen-bond donors (Lipinski definition) is 1. The van der Waals surface area contributed by atoms with E-state index in [2.05, 4.69) is 5.32 Å². The summed E-state index contributed by atoms with van der Waals surface area (Å²) in [5.41, 5.74) is 2.06. The van der Waals surface area contributed by atoms with Gasteiger partial charge < -0.3 is 19.7 Å². The van der Waals surface area contributed by atoms with Gasteiger partial charge >= 0.3 is 0 Å². The summed E-state index contributed by atoms with van der Waals surface area (Å²) in [6.45, 7) is 6.33. The molecule has 2 aromatic carbocycles. The first-order chi connectivity index (χ1) is 14.3. The Kier molecular flexibility index (Phi) is 8.71. The molecule has 2 aromatic rings. The molecule has 0 bridgehead atoms. The van der Waals surface area contributed by atoms with Crippen molar-refractivity contribution in [3.63, 3.8) is 0 Å². The molecule has 0 aromatic heterocycles. The van der Waals surface area contributed by atoms with Crippen LogP contribution in [-0.2, 0) is 22.6 Å². The van der Waals surface area contributed by atoms with Crippen molar-refractivity contribution in [2.45, 2.75) is 39.8 Å². The van der Waals surface area contributed by atoms with E-state index in [9.17, 15) is 9.59 Å². The van der Waals surface area contributed by atoms with Crippen LogP contribution in [0, 0.1) is 5.92 Å². The molecule has 0 aliphatic heterocycles. The maximum atomic E-state index is 12.8. The van der Waals surface area contributed by atoms with Crippen LogP contribution in [0.4, 0.5) is 0 Å². The van der Waals surface area contributed by atoms with E-state index in [1.807, 2.05) is 62.4 Å². The number of hydrogen-bond acceptors (Lipinski definition) is 4. The lowest BCUT2D eigenvalue weighted by molar-refractivity contribution is -0.143. The predicted octanol–water partition coefficient (Wildman–Crippen LogP) is 3.44. The van der Waals surface area contributed by atoms with E-state index >= 15 is 0 Å². The zero-order valence-corrected chi connectivity index (χ0v) is 18.5. The van der Waals surface area contributed by atoms with Crippen LogP contribution in [0.3, 0.4) is 0 Å². The van der Waals surface area contributed by atoms with Crippen molar-refractivity contribution >= 4 is 11.8 Å². The maximum absolute atomic E-state index is 12.8. The molecule has 0 aliphatic carbocycles. The van der Waals surface area contributed by atoms with Gasteiger partial charge in [0.25, 0.3) is 0 Å². The molecule has 0 unspecified atom stereocenters. The Labute approximate surface area is 179 Å². The first-order valence-electron chi connectivity index (χ1n) is 10.2. The monoisotopic (exact) mass is 412 g/mol. The van der Waals surface area contributed by atoms with Crippen LogP contribution in [0.15, 0.2) is 48.5 Å². The fourth-order valence-corrected chi connectivity index (χ4v) is 3.08. The highest BCUT2D eigenvalue weighted by molar-refractivity contribution is 5.88. The second kappa shape index (κ2) is 11.2. The van der Waals surface area contributed by atoms with Gasteiger partial charge in [-0.3, -0.25) is 9.59 Å². The summed E-state index contributed by atoms with van der Waals surface area (Å²) in [5, 5.41) is 2.95. The summed E-state index contributed by atoms with van der Waals surface area (Å²) in [7, 11) is 3.24. The Bertz CT molecular complexity index is 816. The Morgan fingerprint density at radius 3 is 1.83 bits per heavy atom. The predicted molar refractivity (Wildman–Crippen MR) is 118 cm³/mol. The fourth-order valence-electron chi connectivity index (χ4n) is 3.08. The molecule has 0 saturated carbocycles. The van der Waals surface area contributed by atoms with Gasteiger partial charge in [-0.1, -0.05) is 38.1 Å². The van der Waals surface area contributed by atoms with Gasteiger partial charge in [0.15, 0.2) is 0 Å². The highest BCUT2D eigenvalue weighted by atomic mass is 16.5. The number of ether oxygens (including phenoxy) is 2. The number of carbonyl (C=O) groups is 2. The molecule has 0 aliphatic rings. The highest BCUT2D eigenvalue weighted by Crippen LogP contribution is 2.17. The minimum Gasteiger partial charge on any atom is -0.497 e. The number of nitrogens with zero attached hydrogens (tertiary/aromatic N) is 1. The third-order valence-electron chi connectivity index (χ3n) is 5.01. The molecule has 1 N–H and O–H groups in total. The molecular formula is C24H32N2O4. The van der Waals surface area contributed by atoms with Crippen molar-refractivity contribution < 1.29 is 19.1 Å². The van der Waals surface area contributed by atoms with Crippen LogP contribution in [0.2, 0.25) is 0 Å². The summed E-state index contributed by atoms with van der Waals surface area (Å²) < 4.78 is 10.3. The summed E-state index contributed by atoms with van der Waals surface area (Å²) in [5.74, 6) is 1.15. The largest absolute Gasteiger partial charge is 0.497 e. The Morgan fingerprint density at radius 2 is 1.37 bits per heavy atom. The average Bonchev–Trinajstić information content (AvgIpc) is 2.77. The lowest BCUT2D eigenvalue weighted by atomic mass is 10.1. The molecule has 2 amide bonds. The van der Waals surface area contributed by atoms with Crippen molar-refractivity contribution in [2.24, 2.45) is 5.92 Å². The minimum absolute atomic E-state index is 0.0522. The number of carbonyl (C=O) groups excluding carboxylic acids is 2. The second-order valence-corrected chi connectivity index (χ2v) is 7.53. The van der Waals surface area contributed by atoms with Crippen molar-refractivity contribution in [1.29, 1.82) is 0 Å². The quantitative estimate of drug-likeness (QED) is 0.649. The normalized spacial score (nSPS) is 11.7. The number of benzene rings is 2. The average molecular weight is 413 g/mol. The molecule has 6 heteroatoms. The van der Waals surface area contributed by atoms with Crippen LogP contribution >= 0.6 is 0 Å². The van der Waals surface area contributed by atoms with E-state index in [1.165, 1.54) is 0 Å². The molecule has 0 radical (unpaired) electrons. The van der Waals surface area contributed by atoms with Crippen LogP contribution in [0.25, 0.3) is 0 Å². The Morgan fingerprint density at radius 1 is 0.867 bits per heavy atom. The molecule has 1 atom stereocenters. The number of nitrogens with one attached hydrogen (secondary N) is 1. The van der Waals surface area contributed by atoms with Crippen LogP contribution < -0.4 is 14.8 Å². The third-order valence-corrected chi connectivity index (χ3v) is 5.01. The summed E-state index contributed by atoms with van der Waals surface area (Å²) >= 11 is 0. The van der Waals surface area contributed by atoms with E-state index in [0.29, 0.717) is 19.5 Å². The maximum Gasteiger partial charge on any atom is 0.242 e. The third kappa shape index (κ3) is 6.51. The van der Waals surface area contributed by atoms with E-state index < -0.39 is 6.04 Å². The van der Waals surface area contributed by atoms with Gasteiger partial charge in [0.2, 0.25) is 11.8 Å². The molecule has 0 fully saturated rings. The van der Waals surface area contributed by atoms with Gasteiger partial charge in [0, 0.05) is 19.0 Å². The summed E-state index contributed by atoms with van der Waals surface area (Å²) in [6, 6.07) is 14.7. The van der Waals surface area contributed by atoms with Gasteiger partial charge in [-0.05, 0) is 48.7 Å². The lowest BCUT2D eigenvalue weighted by Crippen LogP contribution is -2.49. The fraction of sp³-hybridized carbons (Fsp3) is 0.417. The van der Waals surface area contributed by atoms with Crippen molar-refractivity contribution in [3.05, 3.63) is 59.7 Å². The first kappa shape index (κ1) is 23.3. The van der Waals surface area contributed by atoms with Gasteiger partial charge in [-0.15, -0.1) is 0 Å². The molecule has 0 heterocycles. The molecule has 162 valence electrons. The van der Waals surface area contributed by atoms with Gasteiger partial charge in [-0.25, -0.2) is 0 Å². The lowest BCUT2D eigenvalue weighted by Gasteiger charge is -2.30. The molecule has 2 rings (SSSR count). The SMILES string of the molecule is COc1ccc(CCNC(=O)[C@@H](C)N(Cc2ccc(OC)cc2)C(=O)C(C)C)cc1. The number of rotatable bonds is 10. The van der Waals surface area contributed by atoms with Crippen molar-refractivity contribution in [3.8, 4) is 11.5 Å². The Hall–Kier alpha value is -3.02. The van der Waals surface area contributed by atoms with Crippen LogP contribution in [0.5, 0.6) is 11.5 Å². The van der Waals surface area contributed by atoms with E-state index in [0.717, 1.165) is 22.6 Å². The van der Waals surface area contributed by atoms with Crippen molar-refractivity contribution in [1.82, 2.24) is 10.2 Å². The Balaban J connectivity index is 1.99. The zero-order valence-electron chi connectivity index (χ0n) is 18.5. The minimum atomic E-state index is -0.571. The molecule has 0 saturated heterocycles.